The van der Waals surface area contributed by atoms with Crippen molar-refractivity contribution in [2.45, 2.75) is 6.61 Å². The average Bonchev–Trinajstić information content (AvgIpc) is 2.82. The van der Waals surface area contributed by atoms with Crippen LogP contribution >= 0.6 is 0 Å². The number of benzene rings is 3. The van der Waals surface area contributed by atoms with Crippen LogP contribution in [0, 0.1) is 15.9 Å². The molecule has 1 heterocycles. The summed E-state index contributed by atoms with van der Waals surface area (Å²) in [6.07, 6.45) is 1.33. The summed E-state index contributed by atoms with van der Waals surface area (Å²) in [7, 11) is 0. The number of urea groups is 1. The molecule has 10 heteroatoms. The minimum absolute atomic E-state index is 0.0119. The van der Waals surface area contributed by atoms with Crippen LogP contribution in [0.4, 0.5) is 20.6 Å². The normalized spacial score (nSPS) is 14.8. The standard InChI is InChI=1S/C24H16FN3O6/c25-17-5-9-18(10-6-17)27-23(30)21(22(29)26-24(27)31)13-15-3-11-20(12-4-15)34-14-16-1-7-19(8-2-16)28(32)33/h1-13H,14H2,(H,26,29,31)/b21-13+. The van der Waals surface area contributed by atoms with Crippen molar-refractivity contribution in [1.29, 1.82) is 0 Å². The van der Waals surface area contributed by atoms with Gasteiger partial charge in [-0.1, -0.05) is 12.1 Å². The van der Waals surface area contributed by atoms with Crippen LogP contribution in [0.1, 0.15) is 11.1 Å². The van der Waals surface area contributed by atoms with Gasteiger partial charge in [-0.15, -0.1) is 0 Å². The Morgan fingerprint density at radius 3 is 2.21 bits per heavy atom. The van der Waals surface area contributed by atoms with Crippen molar-refractivity contribution in [2.75, 3.05) is 4.90 Å². The highest BCUT2D eigenvalue weighted by atomic mass is 19.1. The van der Waals surface area contributed by atoms with Gasteiger partial charge in [-0.25, -0.2) is 14.1 Å². The van der Waals surface area contributed by atoms with E-state index in [2.05, 4.69) is 5.32 Å². The van der Waals surface area contributed by atoms with Crippen LogP contribution in [0.5, 0.6) is 5.75 Å². The van der Waals surface area contributed by atoms with Gasteiger partial charge in [0.05, 0.1) is 10.6 Å². The number of carbonyl (C=O) groups excluding carboxylic acids is 3. The summed E-state index contributed by atoms with van der Waals surface area (Å²) in [4.78, 5) is 48.3. The minimum Gasteiger partial charge on any atom is -0.489 e. The highest BCUT2D eigenvalue weighted by molar-refractivity contribution is 6.39. The van der Waals surface area contributed by atoms with Crippen LogP contribution in [0.2, 0.25) is 0 Å². The number of barbiturate groups is 1. The Morgan fingerprint density at radius 1 is 0.941 bits per heavy atom. The largest absolute Gasteiger partial charge is 0.489 e. The van der Waals surface area contributed by atoms with E-state index < -0.39 is 28.6 Å². The number of non-ortho nitro benzene ring substituents is 1. The molecular formula is C24H16FN3O6. The molecule has 4 amide bonds. The molecule has 0 atom stereocenters. The Labute approximate surface area is 192 Å². The summed E-state index contributed by atoms with van der Waals surface area (Å²) in [5, 5.41) is 12.8. The number of nitrogens with one attached hydrogen (secondary N) is 1. The van der Waals surface area contributed by atoms with Gasteiger partial charge in [-0.3, -0.25) is 25.0 Å². The van der Waals surface area contributed by atoms with Gasteiger partial charge in [-0.05, 0) is 65.7 Å². The highest BCUT2D eigenvalue weighted by Crippen LogP contribution is 2.23. The summed E-state index contributed by atoms with van der Waals surface area (Å²) in [6, 6.07) is 16.3. The third-order valence-corrected chi connectivity index (χ3v) is 4.93. The second-order valence-electron chi connectivity index (χ2n) is 7.22. The summed E-state index contributed by atoms with van der Waals surface area (Å²) in [5.74, 6) is -1.70. The first kappa shape index (κ1) is 22.3. The van der Waals surface area contributed by atoms with Crippen molar-refractivity contribution in [3.05, 3.63) is 105 Å². The van der Waals surface area contributed by atoms with Crippen molar-refractivity contribution in [3.8, 4) is 5.75 Å². The molecule has 4 rings (SSSR count). The molecule has 0 aromatic heterocycles. The fourth-order valence-corrected chi connectivity index (χ4v) is 3.19. The second kappa shape index (κ2) is 9.33. The molecule has 170 valence electrons. The number of nitro benzene ring substituents is 1. The monoisotopic (exact) mass is 461 g/mol. The molecule has 3 aromatic rings. The fraction of sp³-hybridized carbons (Fsp3) is 0.0417. The molecule has 1 aliphatic rings. The van der Waals surface area contributed by atoms with Gasteiger partial charge < -0.3 is 4.74 Å². The Kier molecular flexibility index (Phi) is 6.13. The van der Waals surface area contributed by atoms with Crippen LogP contribution in [-0.4, -0.2) is 22.8 Å². The zero-order valence-electron chi connectivity index (χ0n) is 17.4. The number of amides is 4. The SMILES string of the molecule is O=C1NC(=O)N(c2ccc(F)cc2)C(=O)/C1=C/c1ccc(OCc2ccc([N+](=O)[O-])cc2)cc1. The number of nitrogens with zero attached hydrogens (tertiary/aromatic N) is 2. The summed E-state index contributed by atoms with van der Waals surface area (Å²) >= 11 is 0. The van der Waals surface area contributed by atoms with Gasteiger partial charge in [0.1, 0.15) is 23.7 Å². The quantitative estimate of drug-likeness (QED) is 0.257. The lowest BCUT2D eigenvalue weighted by Gasteiger charge is -2.26. The van der Waals surface area contributed by atoms with Crippen LogP contribution < -0.4 is 15.0 Å². The first-order valence-corrected chi connectivity index (χ1v) is 9.95. The van der Waals surface area contributed by atoms with Crippen LogP contribution in [0.25, 0.3) is 6.08 Å². The van der Waals surface area contributed by atoms with E-state index in [0.717, 1.165) is 22.6 Å². The van der Waals surface area contributed by atoms with Crippen molar-refractivity contribution in [2.24, 2.45) is 0 Å². The molecule has 0 bridgehead atoms. The topological polar surface area (TPSA) is 119 Å². The predicted octanol–water partition coefficient (Wildman–Crippen LogP) is 3.98. The molecule has 1 fully saturated rings. The number of ether oxygens (including phenoxy) is 1. The van der Waals surface area contributed by atoms with Crippen molar-refractivity contribution >= 4 is 35.3 Å². The summed E-state index contributed by atoms with van der Waals surface area (Å²) in [5.41, 5.74) is 1.10. The molecular weight excluding hydrogens is 445 g/mol. The minimum atomic E-state index is -0.922. The Hall–Kier alpha value is -4.86. The van der Waals surface area contributed by atoms with Crippen molar-refractivity contribution in [3.63, 3.8) is 0 Å². The van der Waals surface area contributed by atoms with E-state index in [1.54, 1.807) is 36.4 Å². The predicted molar refractivity (Wildman–Crippen MR) is 119 cm³/mol. The molecule has 0 saturated carbocycles. The maximum Gasteiger partial charge on any atom is 0.335 e. The molecule has 9 nitrogen and oxygen atoms in total. The highest BCUT2D eigenvalue weighted by Gasteiger charge is 2.36. The maximum absolute atomic E-state index is 13.2. The number of hydrogen-bond donors (Lipinski definition) is 1. The molecule has 34 heavy (non-hydrogen) atoms. The van der Waals surface area contributed by atoms with E-state index in [0.29, 0.717) is 11.3 Å². The Balaban J connectivity index is 1.47. The van der Waals surface area contributed by atoms with Crippen molar-refractivity contribution in [1.82, 2.24) is 5.32 Å². The number of rotatable bonds is 6. The van der Waals surface area contributed by atoms with Gasteiger partial charge in [0.25, 0.3) is 17.5 Å². The van der Waals surface area contributed by atoms with E-state index in [-0.39, 0.29) is 23.6 Å². The molecule has 0 aliphatic carbocycles. The van der Waals surface area contributed by atoms with E-state index in [1.807, 2.05) is 0 Å². The zero-order chi connectivity index (χ0) is 24.2. The van der Waals surface area contributed by atoms with Gasteiger partial charge in [-0.2, -0.15) is 0 Å². The molecule has 1 saturated heterocycles. The van der Waals surface area contributed by atoms with Gasteiger partial charge in [0.2, 0.25) is 0 Å². The number of carbonyl (C=O) groups is 3. The molecule has 0 unspecified atom stereocenters. The summed E-state index contributed by atoms with van der Waals surface area (Å²) < 4.78 is 18.9. The molecule has 1 N–H and O–H groups in total. The molecule has 0 spiro atoms. The maximum atomic E-state index is 13.2. The van der Waals surface area contributed by atoms with E-state index >= 15 is 0 Å². The fourth-order valence-electron chi connectivity index (χ4n) is 3.19. The first-order chi connectivity index (χ1) is 16.3. The third kappa shape index (κ3) is 4.80. The average molecular weight is 461 g/mol. The molecule has 3 aromatic carbocycles. The smallest absolute Gasteiger partial charge is 0.335 e. The van der Waals surface area contributed by atoms with Gasteiger partial charge in [0.15, 0.2) is 0 Å². The van der Waals surface area contributed by atoms with E-state index in [1.165, 1.54) is 30.3 Å². The number of anilines is 1. The number of nitro groups is 1. The third-order valence-electron chi connectivity index (χ3n) is 4.93. The van der Waals surface area contributed by atoms with Crippen molar-refractivity contribution < 1.29 is 28.4 Å². The Bertz CT molecular complexity index is 1300. The first-order valence-electron chi connectivity index (χ1n) is 9.95. The Morgan fingerprint density at radius 2 is 1.59 bits per heavy atom. The lowest BCUT2D eigenvalue weighted by molar-refractivity contribution is -0.384. The zero-order valence-corrected chi connectivity index (χ0v) is 17.4. The second-order valence-corrected chi connectivity index (χ2v) is 7.22. The van der Waals surface area contributed by atoms with Crippen LogP contribution in [0.3, 0.4) is 0 Å². The number of hydrogen-bond acceptors (Lipinski definition) is 6. The lowest BCUT2D eigenvalue weighted by atomic mass is 10.1. The van der Waals surface area contributed by atoms with E-state index in [4.69, 9.17) is 4.74 Å². The lowest BCUT2D eigenvalue weighted by Crippen LogP contribution is -2.54. The van der Waals surface area contributed by atoms with E-state index in [9.17, 15) is 28.9 Å². The summed E-state index contributed by atoms with van der Waals surface area (Å²) in [6.45, 7) is 0.189. The molecule has 1 aliphatic heterocycles. The van der Waals surface area contributed by atoms with Gasteiger partial charge >= 0.3 is 6.03 Å². The van der Waals surface area contributed by atoms with Gasteiger partial charge in [0, 0.05) is 12.1 Å². The van der Waals surface area contributed by atoms with Crippen LogP contribution in [-0.2, 0) is 16.2 Å². The molecule has 0 radical (unpaired) electrons. The number of imide groups is 2. The van der Waals surface area contributed by atoms with Crippen LogP contribution in [0.15, 0.2) is 78.4 Å². The number of halogens is 1.